The predicted molar refractivity (Wildman–Crippen MR) is 115 cm³/mol. The summed E-state index contributed by atoms with van der Waals surface area (Å²) in [5.41, 5.74) is 1.97. The average Bonchev–Trinajstić information content (AvgIpc) is 2.89. The standard InChI is InChI=1S/C22H33IN2O/c1-21-11-9-17-15(16(21)6-7-18(21)23)5-8-19-22(17,2)12-10-20(26)25(19)14-13-24(3)4/h7-8,15-17H,5-6,9-14H2,1-4H3/t15-,16-,17-,21-,22+/m0/s1. The van der Waals surface area contributed by atoms with Crippen LogP contribution in [0.5, 0.6) is 0 Å². The lowest BCUT2D eigenvalue weighted by atomic mass is 9.50. The van der Waals surface area contributed by atoms with Gasteiger partial charge >= 0.3 is 0 Å². The number of fused-ring (bicyclic) bond motifs is 5. The van der Waals surface area contributed by atoms with Crippen molar-refractivity contribution in [3.8, 4) is 0 Å². The minimum Gasteiger partial charge on any atom is -0.315 e. The lowest BCUT2D eigenvalue weighted by molar-refractivity contribution is -0.137. The predicted octanol–water partition coefficient (Wildman–Crippen LogP) is 4.84. The molecule has 1 heterocycles. The second-order valence-electron chi connectivity index (χ2n) is 9.71. The number of hydrogen-bond acceptors (Lipinski definition) is 2. The van der Waals surface area contributed by atoms with Gasteiger partial charge in [0.05, 0.1) is 0 Å². The Morgan fingerprint density at radius 2 is 1.92 bits per heavy atom. The highest BCUT2D eigenvalue weighted by atomic mass is 127. The highest BCUT2D eigenvalue weighted by Gasteiger charge is 2.57. The first-order valence-electron chi connectivity index (χ1n) is 10.3. The van der Waals surface area contributed by atoms with Crippen LogP contribution in [0.1, 0.15) is 52.4 Å². The van der Waals surface area contributed by atoms with Gasteiger partial charge in [0.15, 0.2) is 0 Å². The molecule has 1 saturated heterocycles. The topological polar surface area (TPSA) is 23.6 Å². The van der Waals surface area contributed by atoms with Crippen LogP contribution in [0.25, 0.3) is 0 Å². The smallest absolute Gasteiger partial charge is 0.226 e. The summed E-state index contributed by atoms with van der Waals surface area (Å²) in [6, 6.07) is 0. The summed E-state index contributed by atoms with van der Waals surface area (Å²) in [5, 5.41) is 0. The molecule has 144 valence electrons. The van der Waals surface area contributed by atoms with Gasteiger partial charge in [0, 0.05) is 36.0 Å². The van der Waals surface area contributed by atoms with Gasteiger partial charge in [-0.25, -0.2) is 0 Å². The maximum absolute atomic E-state index is 12.7. The van der Waals surface area contributed by atoms with Crippen LogP contribution < -0.4 is 0 Å². The van der Waals surface area contributed by atoms with Crippen molar-refractivity contribution in [3.63, 3.8) is 0 Å². The fraction of sp³-hybridized carbons (Fsp3) is 0.773. The summed E-state index contributed by atoms with van der Waals surface area (Å²) in [4.78, 5) is 17.0. The molecule has 2 fully saturated rings. The summed E-state index contributed by atoms with van der Waals surface area (Å²) in [6.07, 6.45) is 11.8. The SMILES string of the molecule is CN(C)CCN1C(=O)CC[C@@]2(C)C1=CC[C@@H]1[C@@H]2CC[C@]2(C)C(I)=CC[C@@H]12. The number of nitrogens with zero attached hydrogens (tertiary/aromatic N) is 2. The van der Waals surface area contributed by atoms with E-state index in [2.05, 4.69) is 72.5 Å². The minimum atomic E-state index is 0.193. The molecule has 1 aliphatic heterocycles. The molecule has 3 aliphatic carbocycles. The molecule has 0 aromatic carbocycles. The Morgan fingerprint density at radius 3 is 2.65 bits per heavy atom. The zero-order chi connectivity index (χ0) is 18.7. The van der Waals surface area contributed by atoms with Crippen molar-refractivity contribution in [1.29, 1.82) is 0 Å². The molecule has 1 amide bonds. The second kappa shape index (κ2) is 6.61. The van der Waals surface area contributed by atoms with Crippen LogP contribution in [0.15, 0.2) is 21.4 Å². The van der Waals surface area contributed by atoms with Crippen LogP contribution in [0.4, 0.5) is 0 Å². The molecule has 0 N–H and O–H groups in total. The number of hydrogen-bond donors (Lipinski definition) is 0. The van der Waals surface area contributed by atoms with Crippen LogP contribution in [-0.2, 0) is 4.79 Å². The Bertz CT molecular complexity index is 669. The fourth-order valence-electron chi connectivity index (χ4n) is 6.51. The van der Waals surface area contributed by atoms with Gasteiger partial charge < -0.3 is 9.80 Å². The minimum absolute atomic E-state index is 0.193. The van der Waals surface area contributed by atoms with Crippen molar-refractivity contribution < 1.29 is 4.79 Å². The average molecular weight is 468 g/mol. The number of likely N-dealkylation sites (N-methyl/N-ethyl adjacent to an activating group) is 1. The first-order chi connectivity index (χ1) is 12.3. The highest BCUT2D eigenvalue weighted by Crippen LogP contribution is 2.65. The number of halogens is 1. The van der Waals surface area contributed by atoms with Crippen molar-refractivity contribution in [3.05, 3.63) is 21.4 Å². The van der Waals surface area contributed by atoms with E-state index in [0.717, 1.165) is 43.7 Å². The maximum Gasteiger partial charge on any atom is 0.226 e. The first-order valence-corrected chi connectivity index (χ1v) is 11.4. The third kappa shape index (κ3) is 2.73. The molecule has 4 rings (SSSR count). The van der Waals surface area contributed by atoms with E-state index in [1.165, 1.54) is 31.4 Å². The monoisotopic (exact) mass is 468 g/mol. The van der Waals surface area contributed by atoms with Gasteiger partial charge in [0.2, 0.25) is 5.91 Å². The molecule has 0 spiro atoms. The van der Waals surface area contributed by atoms with Gasteiger partial charge in [-0.05, 0) is 90.1 Å². The molecule has 0 unspecified atom stereocenters. The summed E-state index contributed by atoms with van der Waals surface area (Å²) >= 11 is 2.60. The van der Waals surface area contributed by atoms with Crippen LogP contribution >= 0.6 is 22.6 Å². The van der Waals surface area contributed by atoms with Crippen LogP contribution in [0.3, 0.4) is 0 Å². The van der Waals surface area contributed by atoms with E-state index < -0.39 is 0 Å². The van der Waals surface area contributed by atoms with Gasteiger partial charge in [-0.3, -0.25) is 4.79 Å². The lowest BCUT2D eigenvalue weighted by Gasteiger charge is -2.58. The fourth-order valence-corrected chi connectivity index (χ4v) is 7.43. The van der Waals surface area contributed by atoms with E-state index in [9.17, 15) is 4.79 Å². The number of amides is 1. The molecule has 3 nitrogen and oxygen atoms in total. The number of allylic oxidation sites excluding steroid dienone is 4. The Kier molecular flexibility index (Phi) is 4.83. The number of likely N-dealkylation sites (tertiary alicyclic amines) is 1. The molecule has 4 heteroatoms. The largest absolute Gasteiger partial charge is 0.315 e. The molecule has 4 aliphatic rings. The molecule has 0 bridgehead atoms. The zero-order valence-corrected chi connectivity index (χ0v) is 18.9. The molecule has 26 heavy (non-hydrogen) atoms. The Morgan fingerprint density at radius 1 is 1.15 bits per heavy atom. The molecule has 0 radical (unpaired) electrons. The van der Waals surface area contributed by atoms with Crippen molar-refractivity contribution in [1.82, 2.24) is 9.80 Å². The number of carbonyl (C=O) groups is 1. The number of carbonyl (C=O) groups excluding carboxylic acids is 1. The van der Waals surface area contributed by atoms with E-state index in [-0.39, 0.29) is 5.41 Å². The van der Waals surface area contributed by atoms with Crippen LogP contribution in [0.2, 0.25) is 0 Å². The van der Waals surface area contributed by atoms with Crippen molar-refractivity contribution in [2.24, 2.45) is 28.6 Å². The van der Waals surface area contributed by atoms with Crippen molar-refractivity contribution >= 4 is 28.5 Å². The summed E-state index contributed by atoms with van der Waals surface area (Å²) in [6.45, 7) is 6.76. The van der Waals surface area contributed by atoms with Crippen LogP contribution in [-0.4, -0.2) is 42.9 Å². The normalized spacial score (nSPS) is 42.2. The van der Waals surface area contributed by atoms with E-state index in [1.54, 1.807) is 3.58 Å². The summed E-state index contributed by atoms with van der Waals surface area (Å²) in [7, 11) is 4.19. The van der Waals surface area contributed by atoms with E-state index in [1.807, 2.05) is 0 Å². The maximum atomic E-state index is 12.7. The number of piperidine rings is 1. The summed E-state index contributed by atoms with van der Waals surface area (Å²) in [5.74, 6) is 2.67. The quantitative estimate of drug-likeness (QED) is 0.554. The molecular weight excluding hydrogens is 435 g/mol. The van der Waals surface area contributed by atoms with Gasteiger partial charge in [0.1, 0.15) is 0 Å². The van der Waals surface area contributed by atoms with Crippen molar-refractivity contribution in [2.75, 3.05) is 27.2 Å². The lowest BCUT2D eigenvalue weighted by Crippen LogP contribution is -2.54. The molecule has 0 aromatic heterocycles. The highest BCUT2D eigenvalue weighted by molar-refractivity contribution is 14.1. The third-order valence-corrected chi connectivity index (χ3v) is 9.80. The van der Waals surface area contributed by atoms with Gasteiger partial charge in [-0.15, -0.1) is 0 Å². The Hall–Kier alpha value is -0.360. The third-order valence-electron chi connectivity index (χ3n) is 8.13. The van der Waals surface area contributed by atoms with Crippen LogP contribution in [0, 0.1) is 28.6 Å². The van der Waals surface area contributed by atoms with Gasteiger partial charge in [0.25, 0.3) is 0 Å². The van der Waals surface area contributed by atoms with E-state index in [4.69, 9.17) is 0 Å². The molecule has 1 saturated carbocycles. The Labute approximate surface area is 172 Å². The number of rotatable bonds is 3. The van der Waals surface area contributed by atoms with Gasteiger partial charge in [-0.1, -0.05) is 26.0 Å². The van der Waals surface area contributed by atoms with Crippen molar-refractivity contribution in [2.45, 2.75) is 52.4 Å². The molecule has 5 atom stereocenters. The van der Waals surface area contributed by atoms with Gasteiger partial charge in [-0.2, -0.15) is 0 Å². The molecular formula is C22H33IN2O. The second-order valence-corrected chi connectivity index (χ2v) is 10.9. The Balaban J connectivity index is 1.64. The zero-order valence-electron chi connectivity index (χ0n) is 16.7. The van der Waals surface area contributed by atoms with E-state index >= 15 is 0 Å². The molecule has 0 aromatic rings. The van der Waals surface area contributed by atoms with E-state index in [0.29, 0.717) is 11.3 Å². The first kappa shape index (κ1) is 19.0. The summed E-state index contributed by atoms with van der Waals surface area (Å²) < 4.78 is 1.60.